The zero-order valence-corrected chi connectivity index (χ0v) is 11.8. The van der Waals surface area contributed by atoms with Crippen LogP contribution >= 0.6 is 11.6 Å². The van der Waals surface area contributed by atoms with Crippen molar-refractivity contribution in [1.29, 1.82) is 0 Å². The molecule has 1 fully saturated rings. The molecule has 0 aromatic carbocycles. The van der Waals surface area contributed by atoms with Crippen LogP contribution in [0.2, 0.25) is 0 Å². The van der Waals surface area contributed by atoms with Gasteiger partial charge in [0.1, 0.15) is 0 Å². The molecular formula is C10H20ClNO4S. The second-order valence-corrected chi connectivity index (χ2v) is 6.54. The van der Waals surface area contributed by atoms with Crippen LogP contribution in [-0.2, 0) is 19.5 Å². The van der Waals surface area contributed by atoms with E-state index >= 15 is 0 Å². The first-order valence-corrected chi connectivity index (χ1v) is 7.81. The normalized spacial score (nSPS) is 27.2. The number of ether oxygens (including phenoxy) is 2. The van der Waals surface area contributed by atoms with Gasteiger partial charge in [-0.1, -0.05) is 0 Å². The first-order chi connectivity index (χ1) is 8.01. The van der Waals surface area contributed by atoms with E-state index < -0.39 is 10.0 Å². The summed E-state index contributed by atoms with van der Waals surface area (Å²) in [6.07, 6.45) is 0.305. The van der Waals surface area contributed by atoms with Gasteiger partial charge < -0.3 is 9.47 Å². The standard InChI is InChI=1S/C10H20ClNO4S/c1-9-8-16-10(6-11)7-12(9)17(13,14)5-3-4-15-2/h9-10H,3-8H2,1-2H3. The van der Waals surface area contributed by atoms with Gasteiger partial charge in [-0.2, -0.15) is 4.31 Å². The van der Waals surface area contributed by atoms with Gasteiger partial charge in [-0.15, -0.1) is 11.6 Å². The minimum absolute atomic E-state index is 0.111. The number of alkyl halides is 1. The Balaban J connectivity index is 2.61. The van der Waals surface area contributed by atoms with Crippen LogP contribution in [0, 0.1) is 0 Å². The van der Waals surface area contributed by atoms with Crippen molar-refractivity contribution in [2.75, 3.05) is 38.5 Å². The van der Waals surface area contributed by atoms with E-state index in [9.17, 15) is 8.42 Å². The third kappa shape index (κ3) is 4.37. The van der Waals surface area contributed by atoms with Crippen LogP contribution in [0.5, 0.6) is 0 Å². The number of nitrogens with zero attached hydrogens (tertiary/aromatic N) is 1. The van der Waals surface area contributed by atoms with Gasteiger partial charge in [0.15, 0.2) is 0 Å². The number of sulfonamides is 1. The van der Waals surface area contributed by atoms with Crippen LogP contribution in [-0.4, -0.2) is 63.4 Å². The molecule has 7 heteroatoms. The lowest BCUT2D eigenvalue weighted by Crippen LogP contribution is -2.52. The van der Waals surface area contributed by atoms with E-state index in [1.54, 1.807) is 7.11 Å². The molecule has 102 valence electrons. The van der Waals surface area contributed by atoms with E-state index in [1.165, 1.54) is 4.31 Å². The molecule has 0 spiro atoms. The molecule has 0 radical (unpaired) electrons. The van der Waals surface area contributed by atoms with Crippen molar-refractivity contribution in [3.05, 3.63) is 0 Å². The molecule has 1 aliphatic rings. The summed E-state index contributed by atoms with van der Waals surface area (Å²) in [4.78, 5) is 0. The lowest BCUT2D eigenvalue weighted by Gasteiger charge is -2.36. The Labute approximate surface area is 108 Å². The number of halogens is 1. The highest BCUT2D eigenvalue weighted by atomic mass is 35.5. The topological polar surface area (TPSA) is 55.8 Å². The highest BCUT2D eigenvalue weighted by molar-refractivity contribution is 7.89. The Hall–Kier alpha value is 0.120. The molecule has 0 aromatic rings. The molecule has 2 unspecified atom stereocenters. The molecule has 5 nitrogen and oxygen atoms in total. The predicted molar refractivity (Wildman–Crippen MR) is 66.9 cm³/mol. The van der Waals surface area contributed by atoms with Gasteiger partial charge in [0.2, 0.25) is 10.0 Å². The Morgan fingerprint density at radius 1 is 1.53 bits per heavy atom. The summed E-state index contributed by atoms with van der Waals surface area (Å²) >= 11 is 5.70. The second-order valence-electron chi connectivity index (χ2n) is 4.19. The molecule has 1 aliphatic heterocycles. The van der Waals surface area contributed by atoms with E-state index in [0.29, 0.717) is 32.1 Å². The maximum atomic E-state index is 12.1. The van der Waals surface area contributed by atoms with Crippen LogP contribution in [0.25, 0.3) is 0 Å². The van der Waals surface area contributed by atoms with Gasteiger partial charge in [0, 0.05) is 32.2 Å². The van der Waals surface area contributed by atoms with Crippen molar-refractivity contribution in [2.24, 2.45) is 0 Å². The number of rotatable bonds is 6. The van der Waals surface area contributed by atoms with Crippen molar-refractivity contribution in [3.8, 4) is 0 Å². The number of methoxy groups -OCH3 is 1. The number of morpholine rings is 1. The van der Waals surface area contributed by atoms with Crippen molar-refractivity contribution in [1.82, 2.24) is 4.31 Å². The van der Waals surface area contributed by atoms with E-state index in [1.807, 2.05) is 6.92 Å². The molecule has 1 rings (SSSR count). The van der Waals surface area contributed by atoms with Gasteiger partial charge in [-0.05, 0) is 13.3 Å². The summed E-state index contributed by atoms with van der Waals surface area (Å²) in [5.74, 6) is 0.428. The van der Waals surface area contributed by atoms with Gasteiger partial charge in [0.25, 0.3) is 0 Å². The van der Waals surface area contributed by atoms with Gasteiger partial charge in [-0.3, -0.25) is 0 Å². The molecule has 0 N–H and O–H groups in total. The summed E-state index contributed by atoms with van der Waals surface area (Å²) in [5.41, 5.74) is 0. The van der Waals surface area contributed by atoms with Crippen LogP contribution < -0.4 is 0 Å². The van der Waals surface area contributed by atoms with Crippen LogP contribution in [0.1, 0.15) is 13.3 Å². The zero-order chi connectivity index (χ0) is 12.9. The van der Waals surface area contributed by atoms with E-state index in [4.69, 9.17) is 21.1 Å². The van der Waals surface area contributed by atoms with E-state index in [2.05, 4.69) is 0 Å². The largest absolute Gasteiger partial charge is 0.385 e. The van der Waals surface area contributed by atoms with Crippen molar-refractivity contribution < 1.29 is 17.9 Å². The molecule has 1 saturated heterocycles. The third-order valence-corrected chi connectivity index (χ3v) is 5.10. The Kier molecular flexibility index (Phi) is 6.16. The molecule has 0 bridgehead atoms. The van der Waals surface area contributed by atoms with E-state index in [0.717, 1.165) is 0 Å². The highest BCUT2D eigenvalue weighted by Crippen LogP contribution is 2.17. The van der Waals surface area contributed by atoms with Crippen molar-refractivity contribution >= 4 is 21.6 Å². The molecule has 17 heavy (non-hydrogen) atoms. The Morgan fingerprint density at radius 2 is 2.24 bits per heavy atom. The molecule has 0 aromatic heterocycles. The molecule has 0 amide bonds. The Morgan fingerprint density at radius 3 is 2.82 bits per heavy atom. The van der Waals surface area contributed by atoms with Gasteiger partial charge in [0.05, 0.1) is 18.5 Å². The first kappa shape index (κ1) is 15.2. The smallest absolute Gasteiger partial charge is 0.214 e. The summed E-state index contributed by atoms with van der Waals surface area (Å²) in [6.45, 7) is 3.05. The molecule has 0 saturated carbocycles. The quantitative estimate of drug-likeness (QED) is 0.532. The predicted octanol–water partition coefficient (Wildman–Crippen LogP) is 0.681. The lowest BCUT2D eigenvalue weighted by atomic mass is 10.2. The monoisotopic (exact) mass is 285 g/mol. The van der Waals surface area contributed by atoms with Crippen LogP contribution in [0.3, 0.4) is 0 Å². The summed E-state index contributed by atoms with van der Waals surface area (Å²) in [7, 11) is -1.67. The lowest BCUT2D eigenvalue weighted by molar-refractivity contribution is -0.0152. The zero-order valence-electron chi connectivity index (χ0n) is 10.3. The van der Waals surface area contributed by atoms with Crippen LogP contribution in [0.4, 0.5) is 0 Å². The van der Waals surface area contributed by atoms with Crippen molar-refractivity contribution in [3.63, 3.8) is 0 Å². The van der Waals surface area contributed by atoms with Gasteiger partial charge >= 0.3 is 0 Å². The summed E-state index contributed by atoms with van der Waals surface area (Å²) in [6, 6.07) is -0.123. The number of hydrogen-bond donors (Lipinski definition) is 0. The fourth-order valence-electron chi connectivity index (χ4n) is 1.78. The first-order valence-electron chi connectivity index (χ1n) is 5.67. The summed E-state index contributed by atoms with van der Waals surface area (Å²) < 4.78 is 36.0. The molecule has 2 atom stereocenters. The third-order valence-electron chi connectivity index (χ3n) is 2.73. The maximum absolute atomic E-state index is 12.1. The average molecular weight is 286 g/mol. The maximum Gasteiger partial charge on any atom is 0.214 e. The fourth-order valence-corrected chi connectivity index (χ4v) is 3.68. The minimum atomic E-state index is -3.23. The minimum Gasteiger partial charge on any atom is -0.385 e. The SMILES string of the molecule is COCCCS(=O)(=O)N1CC(CCl)OCC1C. The van der Waals surface area contributed by atoms with Gasteiger partial charge in [-0.25, -0.2) is 8.42 Å². The highest BCUT2D eigenvalue weighted by Gasteiger charge is 2.33. The average Bonchev–Trinajstić information content (AvgIpc) is 2.29. The van der Waals surface area contributed by atoms with E-state index in [-0.39, 0.29) is 17.9 Å². The fraction of sp³-hybridized carbons (Fsp3) is 1.00. The molecular weight excluding hydrogens is 266 g/mol. The number of hydrogen-bond acceptors (Lipinski definition) is 4. The molecule has 0 aliphatic carbocycles. The van der Waals surface area contributed by atoms with Crippen molar-refractivity contribution in [2.45, 2.75) is 25.5 Å². The van der Waals surface area contributed by atoms with Crippen LogP contribution in [0.15, 0.2) is 0 Å². The Bertz CT molecular complexity index is 322. The molecule has 1 heterocycles. The second kappa shape index (κ2) is 6.89. The summed E-state index contributed by atoms with van der Waals surface area (Å²) in [5, 5.41) is 0.